The average Bonchev–Trinajstić information content (AvgIpc) is 2.88. The van der Waals surface area contributed by atoms with Crippen LogP contribution in [0, 0.1) is 5.92 Å². The van der Waals surface area contributed by atoms with Crippen LogP contribution in [0.2, 0.25) is 0 Å². The molecule has 4 amide bonds. The van der Waals surface area contributed by atoms with Gasteiger partial charge in [-0.05, 0) is 37.3 Å². The number of carbonyl (C=O) groups is 3. The van der Waals surface area contributed by atoms with Crippen molar-refractivity contribution in [1.29, 1.82) is 0 Å². The predicted octanol–water partition coefficient (Wildman–Crippen LogP) is 3.31. The fourth-order valence-corrected chi connectivity index (χ4v) is 4.22. The first kappa shape index (κ1) is 27.9. The quantitative estimate of drug-likeness (QED) is 0.636. The predicted molar refractivity (Wildman–Crippen MR) is 141 cm³/mol. The fourth-order valence-electron chi connectivity index (χ4n) is 4.22. The first-order chi connectivity index (χ1) is 17.7. The summed E-state index contributed by atoms with van der Waals surface area (Å²) in [5.74, 6) is -0.112. The van der Waals surface area contributed by atoms with Gasteiger partial charge in [-0.3, -0.25) is 9.59 Å². The van der Waals surface area contributed by atoms with Gasteiger partial charge in [0.25, 0.3) is 5.91 Å². The second kappa shape index (κ2) is 13.1. The third kappa shape index (κ3) is 7.43. The summed E-state index contributed by atoms with van der Waals surface area (Å²) in [7, 11) is 4.77. The van der Waals surface area contributed by atoms with Crippen molar-refractivity contribution in [1.82, 2.24) is 9.80 Å². The van der Waals surface area contributed by atoms with Crippen LogP contribution in [0.15, 0.2) is 48.5 Å². The lowest BCUT2D eigenvalue weighted by Gasteiger charge is -2.36. The zero-order valence-electron chi connectivity index (χ0n) is 22.0. The number of likely N-dealkylation sites (N-methyl/N-ethyl adjacent to an activating group) is 1. The molecule has 2 N–H and O–H groups in total. The Morgan fingerprint density at radius 3 is 2.41 bits per heavy atom. The number of rotatable bonds is 5. The van der Waals surface area contributed by atoms with Gasteiger partial charge in [0.05, 0.1) is 17.7 Å². The number of hydrogen-bond acceptors (Lipinski definition) is 6. The SMILES string of the molecule is COCC(=O)N1C[C@@H](C)[C@H](OC)CN(C)C(=O)c2cc(NC(=O)Nc3ccccc3)ccc2OC[C@H]1C. The molecule has 2 aromatic carbocycles. The molecule has 3 rings (SSSR count). The van der Waals surface area contributed by atoms with Gasteiger partial charge in [-0.1, -0.05) is 25.1 Å². The highest BCUT2D eigenvalue weighted by Crippen LogP contribution is 2.26. The van der Waals surface area contributed by atoms with Crippen LogP contribution in [0.25, 0.3) is 0 Å². The van der Waals surface area contributed by atoms with Crippen molar-refractivity contribution >= 4 is 29.2 Å². The number of anilines is 2. The van der Waals surface area contributed by atoms with Gasteiger partial charge in [0.2, 0.25) is 5.91 Å². The highest BCUT2D eigenvalue weighted by atomic mass is 16.5. The van der Waals surface area contributed by atoms with Gasteiger partial charge < -0.3 is 34.6 Å². The molecule has 0 aliphatic carbocycles. The molecule has 0 aromatic heterocycles. The van der Waals surface area contributed by atoms with Crippen molar-refractivity contribution in [2.75, 3.05) is 58.2 Å². The largest absolute Gasteiger partial charge is 0.491 e. The molecular weight excluding hydrogens is 476 g/mol. The van der Waals surface area contributed by atoms with Crippen LogP contribution in [0.4, 0.5) is 16.2 Å². The molecule has 1 aliphatic heterocycles. The number of amides is 4. The summed E-state index contributed by atoms with van der Waals surface area (Å²) in [6, 6.07) is 13.2. The Bertz CT molecular complexity index is 1080. The molecule has 0 spiro atoms. The first-order valence-electron chi connectivity index (χ1n) is 12.2. The number of nitrogens with zero attached hydrogens (tertiary/aromatic N) is 2. The van der Waals surface area contributed by atoms with Crippen LogP contribution < -0.4 is 15.4 Å². The highest BCUT2D eigenvalue weighted by Gasteiger charge is 2.30. The molecule has 0 bridgehead atoms. The zero-order valence-corrected chi connectivity index (χ0v) is 22.0. The molecule has 0 fully saturated rings. The molecule has 1 aliphatic rings. The maximum absolute atomic E-state index is 13.5. The summed E-state index contributed by atoms with van der Waals surface area (Å²) in [6.07, 6.45) is -0.305. The van der Waals surface area contributed by atoms with E-state index in [9.17, 15) is 14.4 Å². The van der Waals surface area contributed by atoms with Crippen LogP contribution in [0.5, 0.6) is 5.75 Å². The van der Waals surface area contributed by atoms with E-state index in [2.05, 4.69) is 10.6 Å². The molecule has 2 aromatic rings. The number of urea groups is 1. The van der Waals surface area contributed by atoms with E-state index in [0.717, 1.165) is 0 Å². The Morgan fingerprint density at radius 1 is 1.03 bits per heavy atom. The number of benzene rings is 2. The minimum absolute atomic E-state index is 0.0379. The molecule has 0 saturated carbocycles. The van der Waals surface area contributed by atoms with E-state index in [1.807, 2.05) is 32.0 Å². The molecular formula is C27H36N4O6. The average molecular weight is 513 g/mol. The molecule has 10 nitrogen and oxygen atoms in total. The number of hydrogen-bond donors (Lipinski definition) is 2. The topological polar surface area (TPSA) is 109 Å². The van der Waals surface area contributed by atoms with Gasteiger partial charge in [-0.25, -0.2) is 4.79 Å². The molecule has 37 heavy (non-hydrogen) atoms. The number of methoxy groups -OCH3 is 2. The number of ether oxygens (including phenoxy) is 3. The lowest BCUT2D eigenvalue weighted by Crippen LogP contribution is -2.49. The van der Waals surface area contributed by atoms with E-state index in [-0.39, 0.29) is 43.1 Å². The third-order valence-corrected chi connectivity index (χ3v) is 6.32. The summed E-state index contributed by atoms with van der Waals surface area (Å²) >= 11 is 0. The van der Waals surface area contributed by atoms with Gasteiger partial charge in [0.1, 0.15) is 19.0 Å². The van der Waals surface area contributed by atoms with Crippen molar-refractivity contribution in [3.8, 4) is 5.75 Å². The Hall–Kier alpha value is -3.63. The second-order valence-corrected chi connectivity index (χ2v) is 9.23. The van der Waals surface area contributed by atoms with Crippen molar-refractivity contribution in [2.24, 2.45) is 5.92 Å². The lowest BCUT2D eigenvalue weighted by molar-refractivity contribution is -0.139. The van der Waals surface area contributed by atoms with Crippen molar-refractivity contribution in [3.63, 3.8) is 0 Å². The highest BCUT2D eigenvalue weighted by molar-refractivity contribution is 6.02. The van der Waals surface area contributed by atoms with E-state index < -0.39 is 6.03 Å². The molecule has 10 heteroatoms. The summed E-state index contributed by atoms with van der Waals surface area (Å²) in [4.78, 5) is 42.1. The molecule has 0 unspecified atom stereocenters. The maximum atomic E-state index is 13.5. The second-order valence-electron chi connectivity index (χ2n) is 9.23. The van der Waals surface area contributed by atoms with Crippen LogP contribution in [-0.4, -0.2) is 87.4 Å². The van der Waals surface area contributed by atoms with Crippen molar-refractivity contribution in [2.45, 2.75) is 26.0 Å². The van der Waals surface area contributed by atoms with Gasteiger partial charge in [-0.15, -0.1) is 0 Å². The Kier molecular flexibility index (Phi) is 9.87. The minimum Gasteiger partial charge on any atom is -0.491 e. The fraction of sp³-hybridized carbons (Fsp3) is 0.444. The van der Waals surface area contributed by atoms with Gasteiger partial charge in [0, 0.05) is 51.6 Å². The molecule has 0 radical (unpaired) electrons. The van der Waals surface area contributed by atoms with Gasteiger partial charge >= 0.3 is 6.03 Å². The first-order valence-corrected chi connectivity index (χ1v) is 12.2. The molecule has 0 saturated heterocycles. The van der Waals surface area contributed by atoms with Crippen molar-refractivity contribution < 1.29 is 28.6 Å². The van der Waals surface area contributed by atoms with Crippen LogP contribution in [-0.2, 0) is 14.3 Å². The van der Waals surface area contributed by atoms with Crippen molar-refractivity contribution in [3.05, 3.63) is 54.1 Å². The smallest absolute Gasteiger partial charge is 0.323 e. The summed E-state index contributed by atoms with van der Waals surface area (Å²) in [5.41, 5.74) is 1.38. The standard InChI is InChI=1S/C27H36N4O6/c1-18-14-31(25(32)17-35-4)19(2)16-37-23-12-11-21(29-27(34)28-20-9-7-6-8-10-20)13-22(23)26(33)30(3)15-24(18)36-5/h6-13,18-19,24H,14-17H2,1-5H3,(H2,28,29,34)/t18-,19-,24-/m1/s1. The molecule has 1 heterocycles. The number of nitrogens with one attached hydrogen (secondary N) is 2. The van der Waals surface area contributed by atoms with Crippen LogP contribution in [0.1, 0.15) is 24.2 Å². The molecule has 3 atom stereocenters. The minimum atomic E-state index is -0.435. The Labute approximate surface area is 217 Å². The summed E-state index contributed by atoms with van der Waals surface area (Å²) in [6.45, 7) is 4.75. The number of para-hydroxylation sites is 1. The maximum Gasteiger partial charge on any atom is 0.323 e. The van der Waals surface area contributed by atoms with Crippen LogP contribution in [0.3, 0.4) is 0 Å². The van der Waals surface area contributed by atoms with Gasteiger partial charge in [-0.2, -0.15) is 0 Å². The lowest BCUT2D eigenvalue weighted by atomic mass is 10.0. The Morgan fingerprint density at radius 2 is 1.73 bits per heavy atom. The summed E-state index contributed by atoms with van der Waals surface area (Å²) in [5, 5.41) is 5.52. The monoisotopic (exact) mass is 512 g/mol. The normalized spacial score (nSPS) is 20.7. The Balaban J connectivity index is 1.88. The van der Waals surface area contributed by atoms with E-state index in [0.29, 0.717) is 35.8 Å². The molecule has 200 valence electrons. The van der Waals surface area contributed by atoms with Gasteiger partial charge in [0.15, 0.2) is 0 Å². The third-order valence-electron chi connectivity index (χ3n) is 6.32. The number of carbonyl (C=O) groups excluding carboxylic acids is 3. The van der Waals surface area contributed by atoms with E-state index in [1.54, 1.807) is 54.3 Å². The summed E-state index contributed by atoms with van der Waals surface area (Å²) < 4.78 is 16.8. The van der Waals surface area contributed by atoms with E-state index >= 15 is 0 Å². The van der Waals surface area contributed by atoms with E-state index in [1.165, 1.54) is 7.11 Å². The van der Waals surface area contributed by atoms with E-state index in [4.69, 9.17) is 14.2 Å². The van der Waals surface area contributed by atoms with Crippen LogP contribution >= 0.6 is 0 Å². The number of fused-ring (bicyclic) bond motifs is 1. The zero-order chi connectivity index (χ0) is 26.9.